The number of amides is 1. The molecule has 1 aromatic carbocycles. The van der Waals surface area contributed by atoms with Gasteiger partial charge in [0.05, 0.1) is 17.8 Å². The molecule has 0 saturated heterocycles. The standard InChI is InChI=1S/C17H17F2N5OS/c1-17(2,3)24-21-15(20-22-24)16(25)23(10-12-5-4-8-26-12)14-7-6-11(18)9-13(14)19/h4-9H,10H2,1-3H3. The van der Waals surface area contributed by atoms with Crippen LogP contribution in [0.1, 0.15) is 36.3 Å². The normalized spacial score (nSPS) is 11.6. The highest BCUT2D eigenvalue weighted by atomic mass is 32.1. The highest BCUT2D eigenvalue weighted by Crippen LogP contribution is 2.25. The summed E-state index contributed by atoms with van der Waals surface area (Å²) in [6.07, 6.45) is 0. The summed E-state index contributed by atoms with van der Waals surface area (Å²) in [7, 11) is 0. The minimum Gasteiger partial charge on any atom is -0.297 e. The molecule has 6 nitrogen and oxygen atoms in total. The molecule has 0 unspecified atom stereocenters. The maximum Gasteiger partial charge on any atom is 0.300 e. The van der Waals surface area contributed by atoms with Crippen LogP contribution in [-0.4, -0.2) is 26.1 Å². The van der Waals surface area contributed by atoms with Crippen molar-refractivity contribution in [3.8, 4) is 0 Å². The molecule has 0 aliphatic heterocycles. The quantitative estimate of drug-likeness (QED) is 0.697. The highest BCUT2D eigenvalue weighted by Gasteiger charge is 2.27. The monoisotopic (exact) mass is 377 g/mol. The Morgan fingerprint density at radius 3 is 2.62 bits per heavy atom. The zero-order chi connectivity index (χ0) is 18.9. The molecule has 0 N–H and O–H groups in total. The Morgan fingerprint density at radius 2 is 2.04 bits per heavy atom. The number of carbonyl (C=O) groups excluding carboxylic acids is 1. The van der Waals surface area contributed by atoms with Gasteiger partial charge in [-0.3, -0.25) is 9.69 Å². The molecule has 9 heteroatoms. The lowest BCUT2D eigenvalue weighted by Crippen LogP contribution is -2.32. The maximum atomic E-state index is 14.3. The summed E-state index contributed by atoms with van der Waals surface area (Å²) in [6, 6.07) is 6.73. The summed E-state index contributed by atoms with van der Waals surface area (Å²) < 4.78 is 27.6. The van der Waals surface area contributed by atoms with E-state index in [4.69, 9.17) is 0 Å². The van der Waals surface area contributed by atoms with E-state index in [2.05, 4.69) is 15.4 Å². The van der Waals surface area contributed by atoms with Crippen molar-refractivity contribution in [3.63, 3.8) is 0 Å². The first-order chi connectivity index (χ1) is 12.3. The maximum absolute atomic E-state index is 14.3. The molecule has 0 fully saturated rings. The van der Waals surface area contributed by atoms with Gasteiger partial charge in [-0.15, -0.1) is 21.5 Å². The van der Waals surface area contributed by atoms with Gasteiger partial charge in [0.2, 0.25) is 0 Å². The van der Waals surface area contributed by atoms with E-state index >= 15 is 0 Å². The van der Waals surface area contributed by atoms with Gasteiger partial charge in [-0.25, -0.2) is 8.78 Å². The number of nitrogens with zero attached hydrogens (tertiary/aromatic N) is 5. The molecular formula is C17H17F2N5OS. The number of rotatable bonds is 4. The second kappa shape index (κ2) is 6.91. The summed E-state index contributed by atoms with van der Waals surface area (Å²) >= 11 is 1.42. The number of hydrogen-bond acceptors (Lipinski definition) is 5. The Balaban J connectivity index is 1.99. The molecule has 0 saturated carbocycles. The van der Waals surface area contributed by atoms with Crippen LogP contribution in [0.2, 0.25) is 0 Å². The first-order valence-corrected chi connectivity index (χ1v) is 8.73. The number of tetrazole rings is 1. The number of halogens is 2. The molecule has 1 amide bonds. The van der Waals surface area contributed by atoms with E-state index in [1.54, 1.807) is 0 Å². The molecule has 26 heavy (non-hydrogen) atoms. The Morgan fingerprint density at radius 1 is 1.27 bits per heavy atom. The first-order valence-electron chi connectivity index (χ1n) is 7.85. The lowest BCUT2D eigenvalue weighted by molar-refractivity contribution is 0.0973. The molecule has 0 aliphatic carbocycles. The minimum atomic E-state index is -0.835. The van der Waals surface area contributed by atoms with Crippen molar-refractivity contribution in [1.29, 1.82) is 0 Å². The predicted octanol–water partition coefficient (Wildman–Crippen LogP) is 3.61. The van der Waals surface area contributed by atoms with Gasteiger partial charge in [-0.2, -0.15) is 4.80 Å². The molecule has 136 valence electrons. The van der Waals surface area contributed by atoms with Crippen LogP contribution in [-0.2, 0) is 12.1 Å². The topological polar surface area (TPSA) is 63.9 Å². The molecule has 3 aromatic rings. The van der Waals surface area contributed by atoms with Crippen molar-refractivity contribution in [1.82, 2.24) is 20.2 Å². The summed E-state index contributed by atoms with van der Waals surface area (Å²) in [6.45, 7) is 5.72. The second-order valence-electron chi connectivity index (χ2n) is 6.64. The third-order valence-electron chi connectivity index (χ3n) is 3.54. The SMILES string of the molecule is CC(C)(C)n1nnc(C(=O)N(Cc2cccs2)c2ccc(F)cc2F)n1. The lowest BCUT2D eigenvalue weighted by Gasteiger charge is -2.21. The van der Waals surface area contributed by atoms with E-state index in [1.807, 2.05) is 38.3 Å². The Kier molecular flexibility index (Phi) is 4.82. The van der Waals surface area contributed by atoms with Crippen LogP contribution in [0.15, 0.2) is 35.7 Å². The third kappa shape index (κ3) is 3.77. The van der Waals surface area contributed by atoms with Crippen molar-refractivity contribution >= 4 is 22.9 Å². The van der Waals surface area contributed by atoms with Crippen LogP contribution >= 0.6 is 11.3 Å². The zero-order valence-corrected chi connectivity index (χ0v) is 15.3. The summed E-state index contributed by atoms with van der Waals surface area (Å²) in [4.78, 5) is 16.3. The molecular weight excluding hydrogens is 360 g/mol. The van der Waals surface area contributed by atoms with Crippen molar-refractivity contribution < 1.29 is 13.6 Å². The average molecular weight is 377 g/mol. The first kappa shape index (κ1) is 18.1. The van der Waals surface area contributed by atoms with Gasteiger partial charge in [0.25, 0.3) is 11.7 Å². The average Bonchev–Trinajstić information content (AvgIpc) is 3.24. The molecule has 0 radical (unpaired) electrons. The number of hydrogen-bond donors (Lipinski definition) is 0. The van der Waals surface area contributed by atoms with Gasteiger partial charge in [-0.1, -0.05) is 6.07 Å². The molecule has 2 heterocycles. The van der Waals surface area contributed by atoms with Crippen LogP contribution < -0.4 is 4.90 Å². The summed E-state index contributed by atoms with van der Waals surface area (Å²) in [5.74, 6) is -2.32. The van der Waals surface area contributed by atoms with Gasteiger partial charge in [0.1, 0.15) is 11.6 Å². The number of anilines is 1. The molecule has 2 aromatic heterocycles. The summed E-state index contributed by atoms with van der Waals surface area (Å²) in [5, 5.41) is 13.7. The second-order valence-corrected chi connectivity index (χ2v) is 7.67. The Bertz CT molecular complexity index is 918. The summed E-state index contributed by atoms with van der Waals surface area (Å²) in [5.41, 5.74) is -0.498. The number of thiophene rings is 1. The van der Waals surface area contributed by atoms with Gasteiger partial charge in [-0.05, 0) is 49.6 Å². The fraction of sp³-hybridized carbons (Fsp3) is 0.294. The van der Waals surface area contributed by atoms with Crippen LogP contribution in [0, 0.1) is 11.6 Å². The van der Waals surface area contributed by atoms with Crippen molar-refractivity contribution in [2.45, 2.75) is 32.9 Å². The van der Waals surface area contributed by atoms with E-state index < -0.39 is 23.1 Å². The highest BCUT2D eigenvalue weighted by molar-refractivity contribution is 7.09. The van der Waals surface area contributed by atoms with Crippen LogP contribution in [0.5, 0.6) is 0 Å². The van der Waals surface area contributed by atoms with Crippen molar-refractivity contribution in [2.24, 2.45) is 0 Å². The van der Waals surface area contributed by atoms with Gasteiger partial charge in [0, 0.05) is 10.9 Å². The predicted molar refractivity (Wildman–Crippen MR) is 94.0 cm³/mol. The molecule has 3 rings (SSSR count). The van der Waals surface area contributed by atoms with Gasteiger partial charge < -0.3 is 0 Å². The molecule has 0 atom stereocenters. The molecule has 0 aliphatic rings. The number of aromatic nitrogens is 4. The van der Waals surface area contributed by atoms with Crippen molar-refractivity contribution in [2.75, 3.05) is 4.90 Å². The van der Waals surface area contributed by atoms with Gasteiger partial charge >= 0.3 is 0 Å². The fourth-order valence-electron chi connectivity index (χ4n) is 2.23. The van der Waals surface area contributed by atoms with E-state index in [9.17, 15) is 13.6 Å². The van der Waals surface area contributed by atoms with E-state index in [1.165, 1.54) is 27.1 Å². The molecule has 0 bridgehead atoms. The Hall–Kier alpha value is -2.68. The van der Waals surface area contributed by atoms with Crippen LogP contribution in [0.3, 0.4) is 0 Å². The van der Waals surface area contributed by atoms with E-state index in [0.29, 0.717) is 0 Å². The van der Waals surface area contributed by atoms with Crippen LogP contribution in [0.4, 0.5) is 14.5 Å². The van der Waals surface area contributed by atoms with Crippen LogP contribution in [0.25, 0.3) is 0 Å². The largest absolute Gasteiger partial charge is 0.300 e. The third-order valence-corrected chi connectivity index (χ3v) is 4.41. The minimum absolute atomic E-state index is 0.0445. The zero-order valence-electron chi connectivity index (χ0n) is 14.5. The molecule has 0 spiro atoms. The number of benzene rings is 1. The Labute approximate surface area is 153 Å². The van der Waals surface area contributed by atoms with Gasteiger partial charge in [0.15, 0.2) is 0 Å². The van der Waals surface area contributed by atoms with Crippen molar-refractivity contribution in [3.05, 3.63) is 58.0 Å². The van der Waals surface area contributed by atoms with E-state index in [-0.39, 0.29) is 18.1 Å². The smallest absolute Gasteiger partial charge is 0.297 e. The lowest BCUT2D eigenvalue weighted by atomic mass is 10.1. The number of carbonyl (C=O) groups is 1. The van der Waals surface area contributed by atoms with E-state index in [0.717, 1.165) is 17.0 Å². The fourth-order valence-corrected chi connectivity index (χ4v) is 2.92.